The zero-order valence-electron chi connectivity index (χ0n) is 7.39. The van der Waals surface area contributed by atoms with Gasteiger partial charge in [0.25, 0.3) is 0 Å². The third kappa shape index (κ3) is 2.82. The molecule has 2 atom stereocenters. The lowest BCUT2D eigenvalue weighted by Gasteiger charge is -2.15. The second-order valence-corrected chi connectivity index (χ2v) is 3.74. The van der Waals surface area contributed by atoms with Crippen LogP contribution in [0.4, 0.5) is 0 Å². The number of rotatable bonds is 3. The maximum atomic E-state index is 10.4. The van der Waals surface area contributed by atoms with E-state index in [1.807, 2.05) is 0 Å². The summed E-state index contributed by atoms with van der Waals surface area (Å²) in [6.07, 6.45) is -3.49. The Morgan fingerprint density at radius 3 is 2.33 bits per heavy atom. The van der Waals surface area contributed by atoms with E-state index in [2.05, 4.69) is 0 Å². The molecule has 6 heteroatoms. The number of carbonyl (C=O) groups is 1. The van der Waals surface area contributed by atoms with E-state index in [-0.39, 0.29) is 10.6 Å². The Bertz CT molecular complexity index is 380. The fourth-order valence-corrected chi connectivity index (χ4v) is 1.57. The lowest BCUT2D eigenvalue weighted by Crippen LogP contribution is -2.27. The van der Waals surface area contributed by atoms with Crippen LogP contribution in [-0.4, -0.2) is 27.4 Å². The summed E-state index contributed by atoms with van der Waals surface area (Å²) in [6, 6.07) is 4.16. The van der Waals surface area contributed by atoms with Gasteiger partial charge in [-0.1, -0.05) is 29.3 Å². The van der Waals surface area contributed by atoms with Crippen molar-refractivity contribution in [1.29, 1.82) is 0 Å². The van der Waals surface area contributed by atoms with Crippen LogP contribution in [0.25, 0.3) is 0 Å². The molecule has 15 heavy (non-hydrogen) atoms. The van der Waals surface area contributed by atoms with E-state index in [4.69, 9.17) is 33.4 Å². The van der Waals surface area contributed by atoms with Crippen molar-refractivity contribution in [2.24, 2.45) is 0 Å². The summed E-state index contributed by atoms with van der Waals surface area (Å²) in [5.41, 5.74) is 0.121. The van der Waals surface area contributed by atoms with Gasteiger partial charge in [0.1, 0.15) is 6.10 Å². The highest BCUT2D eigenvalue weighted by Crippen LogP contribution is 2.28. The lowest BCUT2D eigenvalue weighted by atomic mass is 10.0. The minimum atomic E-state index is -1.91. The Kier molecular flexibility index (Phi) is 3.93. The molecular formula is C9H8Cl2O4. The monoisotopic (exact) mass is 250 g/mol. The van der Waals surface area contributed by atoms with Crippen molar-refractivity contribution in [3.8, 4) is 0 Å². The molecule has 1 aromatic carbocycles. The predicted molar refractivity (Wildman–Crippen MR) is 55.1 cm³/mol. The van der Waals surface area contributed by atoms with Crippen molar-refractivity contribution in [2.75, 3.05) is 0 Å². The Hall–Kier alpha value is -0.810. The van der Waals surface area contributed by atoms with Crippen LogP contribution in [0, 0.1) is 0 Å². The van der Waals surface area contributed by atoms with E-state index in [9.17, 15) is 9.90 Å². The second-order valence-electron chi connectivity index (χ2n) is 2.89. The number of aliphatic carboxylic acids is 1. The average Bonchev–Trinajstić information content (AvgIpc) is 2.15. The molecule has 3 N–H and O–H groups in total. The van der Waals surface area contributed by atoms with E-state index in [0.29, 0.717) is 5.02 Å². The van der Waals surface area contributed by atoms with Gasteiger partial charge in [0.2, 0.25) is 0 Å². The van der Waals surface area contributed by atoms with Crippen molar-refractivity contribution >= 4 is 29.2 Å². The van der Waals surface area contributed by atoms with Crippen molar-refractivity contribution in [1.82, 2.24) is 0 Å². The zero-order valence-corrected chi connectivity index (χ0v) is 8.90. The minimum absolute atomic E-state index is 0.107. The van der Waals surface area contributed by atoms with E-state index in [1.165, 1.54) is 18.2 Å². The third-order valence-corrected chi connectivity index (χ3v) is 2.40. The van der Waals surface area contributed by atoms with Gasteiger partial charge in [-0.2, -0.15) is 0 Å². The number of carboxylic acid groups (broad SMARTS) is 1. The smallest absolute Gasteiger partial charge is 0.335 e. The first kappa shape index (κ1) is 12.3. The summed E-state index contributed by atoms with van der Waals surface area (Å²) in [4.78, 5) is 10.4. The van der Waals surface area contributed by atoms with Crippen LogP contribution in [0.2, 0.25) is 10.0 Å². The fraction of sp³-hybridized carbons (Fsp3) is 0.222. The van der Waals surface area contributed by atoms with E-state index >= 15 is 0 Å². The molecule has 0 spiro atoms. The minimum Gasteiger partial charge on any atom is -0.479 e. The van der Waals surface area contributed by atoms with Gasteiger partial charge in [-0.15, -0.1) is 0 Å². The van der Waals surface area contributed by atoms with Crippen LogP contribution in [-0.2, 0) is 4.79 Å². The summed E-state index contributed by atoms with van der Waals surface area (Å²) in [5, 5.41) is 27.5. The molecule has 0 aliphatic rings. The molecule has 0 saturated carbocycles. The van der Waals surface area contributed by atoms with Crippen LogP contribution in [0.15, 0.2) is 18.2 Å². The highest BCUT2D eigenvalue weighted by atomic mass is 35.5. The topological polar surface area (TPSA) is 77.8 Å². The second kappa shape index (κ2) is 4.81. The number of hydrogen-bond donors (Lipinski definition) is 3. The lowest BCUT2D eigenvalue weighted by molar-refractivity contribution is -0.153. The number of benzene rings is 1. The first-order valence-electron chi connectivity index (χ1n) is 3.97. The van der Waals surface area contributed by atoms with Crippen molar-refractivity contribution < 1.29 is 20.1 Å². The van der Waals surface area contributed by atoms with E-state index in [1.54, 1.807) is 0 Å². The van der Waals surface area contributed by atoms with Gasteiger partial charge in [0.15, 0.2) is 6.10 Å². The number of aliphatic hydroxyl groups is 2. The largest absolute Gasteiger partial charge is 0.479 e. The van der Waals surface area contributed by atoms with Crippen molar-refractivity contribution in [3.05, 3.63) is 33.8 Å². The molecule has 0 aromatic heterocycles. The molecule has 0 bridgehead atoms. The van der Waals surface area contributed by atoms with Gasteiger partial charge in [0.05, 0.1) is 0 Å². The van der Waals surface area contributed by atoms with Gasteiger partial charge >= 0.3 is 5.97 Å². The van der Waals surface area contributed by atoms with Gasteiger partial charge in [-0.3, -0.25) is 0 Å². The molecule has 0 heterocycles. The maximum Gasteiger partial charge on any atom is 0.335 e. The predicted octanol–water partition coefficient (Wildman–Crippen LogP) is 1.47. The van der Waals surface area contributed by atoms with Crippen LogP contribution < -0.4 is 0 Å². The number of hydrogen-bond acceptors (Lipinski definition) is 3. The molecule has 1 aromatic rings. The highest BCUT2D eigenvalue weighted by Gasteiger charge is 2.26. The molecule has 0 aliphatic heterocycles. The summed E-state index contributed by atoms with van der Waals surface area (Å²) in [7, 11) is 0. The van der Waals surface area contributed by atoms with E-state index < -0.39 is 18.2 Å². The normalized spacial score (nSPS) is 14.7. The molecule has 0 radical (unpaired) electrons. The molecule has 0 saturated heterocycles. The first-order valence-corrected chi connectivity index (χ1v) is 4.73. The molecule has 0 unspecified atom stereocenters. The van der Waals surface area contributed by atoms with Gasteiger partial charge in [0, 0.05) is 15.6 Å². The number of carboxylic acids is 1. The standard InChI is InChI=1S/C9H8Cl2O4/c10-4-1-2-5(6(11)3-4)7(12)8(13)9(14)15/h1-3,7-8,12-13H,(H,14,15)/t7-,8-/m1/s1. The summed E-state index contributed by atoms with van der Waals surface area (Å²) < 4.78 is 0. The molecule has 0 aliphatic carbocycles. The SMILES string of the molecule is O=C(O)[C@H](O)[C@H](O)c1ccc(Cl)cc1Cl. The summed E-state index contributed by atoms with van der Waals surface area (Å²) >= 11 is 11.3. The van der Waals surface area contributed by atoms with Crippen LogP contribution >= 0.6 is 23.2 Å². The number of halogens is 2. The molecular weight excluding hydrogens is 243 g/mol. The van der Waals surface area contributed by atoms with Gasteiger partial charge < -0.3 is 15.3 Å². The van der Waals surface area contributed by atoms with Crippen LogP contribution in [0.3, 0.4) is 0 Å². The average molecular weight is 251 g/mol. The molecule has 82 valence electrons. The highest BCUT2D eigenvalue weighted by molar-refractivity contribution is 6.35. The Balaban J connectivity index is 3.01. The fourth-order valence-electron chi connectivity index (χ4n) is 1.05. The van der Waals surface area contributed by atoms with Crippen molar-refractivity contribution in [2.45, 2.75) is 12.2 Å². The zero-order chi connectivity index (χ0) is 11.6. The summed E-state index contributed by atoms with van der Waals surface area (Å²) in [6.45, 7) is 0. The van der Waals surface area contributed by atoms with Crippen molar-refractivity contribution in [3.63, 3.8) is 0 Å². The first-order chi connectivity index (χ1) is 6.93. The molecule has 0 amide bonds. The van der Waals surface area contributed by atoms with E-state index in [0.717, 1.165) is 0 Å². The summed E-state index contributed by atoms with van der Waals surface area (Å²) in [5.74, 6) is -1.52. The molecule has 0 fully saturated rings. The van der Waals surface area contributed by atoms with Crippen LogP contribution in [0.5, 0.6) is 0 Å². The number of aliphatic hydroxyl groups excluding tert-OH is 2. The Morgan fingerprint density at radius 1 is 1.27 bits per heavy atom. The molecule has 1 rings (SSSR count). The third-order valence-electron chi connectivity index (χ3n) is 1.83. The molecule has 4 nitrogen and oxygen atoms in total. The Labute approximate surface area is 95.7 Å². The van der Waals surface area contributed by atoms with Gasteiger partial charge in [-0.05, 0) is 12.1 Å². The quantitative estimate of drug-likeness (QED) is 0.760. The van der Waals surface area contributed by atoms with Gasteiger partial charge in [-0.25, -0.2) is 4.79 Å². The maximum absolute atomic E-state index is 10.4. The Morgan fingerprint density at radius 2 is 1.87 bits per heavy atom. The van der Waals surface area contributed by atoms with Crippen LogP contribution in [0.1, 0.15) is 11.7 Å².